The fraction of sp³-hybridized carbons (Fsp3) is 0.550. The molecule has 0 radical (unpaired) electrons. The Kier molecular flexibility index (Phi) is 7.71. The molecule has 1 amide bonds. The lowest BCUT2D eigenvalue weighted by Gasteiger charge is -2.28. The number of carbonyl (C=O) groups excluding carboxylic acids is 1. The molecule has 2 rings (SSSR count). The summed E-state index contributed by atoms with van der Waals surface area (Å²) in [4.78, 5) is 12.6. The van der Waals surface area contributed by atoms with E-state index in [1.807, 2.05) is 6.92 Å². The Labute approximate surface area is 162 Å². The first kappa shape index (κ1) is 21.3. The summed E-state index contributed by atoms with van der Waals surface area (Å²) in [6.07, 6.45) is 8.82. The van der Waals surface area contributed by atoms with Crippen molar-refractivity contribution >= 4 is 21.6 Å². The van der Waals surface area contributed by atoms with Crippen LogP contribution in [0.5, 0.6) is 5.75 Å². The van der Waals surface area contributed by atoms with Gasteiger partial charge in [-0.1, -0.05) is 11.6 Å². The minimum atomic E-state index is -3.61. The van der Waals surface area contributed by atoms with Gasteiger partial charge in [-0.3, -0.25) is 9.10 Å². The Bertz CT molecular complexity index is 757. The highest BCUT2D eigenvalue weighted by Gasteiger charge is 2.29. The van der Waals surface area contributed by atoms with Gasteiger partial charge in [-0.25, -0.2) is 8.42 Å². The molecule has 0 saturated carbocycles. The number of nitrogens with one attached hydrogen (secondary N) is 1. The van der Waals surface area contributed by atoms with Gasteiger partial charge in [-0.15, -0.1) is 0 Å². The second-order valence-electron chi connectivity index (χ2n) is 6.81. The number of carbonyl (C=O) groups is 1. The molecular formula is C20H30N2O4S. The van der Waals surface area contributed by atoms with E-state index in [2.05, 4.69) is 11.4 Å². The van der Waals surface area contributed by atoms with Crippen LogP contribution < -0.4 is 14.4 Å². The van der Waals surface area contributed by atoms with E-state index in [-0.39, 0.29) is 5.91 Å². The van der Waals surface area contributed by atoms with Crippen molar-refractivity contribution in [2.75, 3.05) is 23.7 Å². The largest absolute Gasteiger partial charge is 0.494 e. The van der Waals surface area contributed by atoms with E-state index in [4.69, 9.17) is 4.74 Å². The van der Waals surface area contributed by atoms with Crippen LogP contribution in [-0.2, 0) is 14.8 Å². The first-order valence-corrected chi connectivity index (χ1v) is 11.4. The molecule has 1 atom stereocenters. The molecule has 0 spiro atoms. The number of anilines is 1. The van der Waals surface area contributed by atoms with Crippen molar-refractivity contribution in [3.63, 3.8) is 0 Å². The predicted octanol–water partition coefficient (Wildman–Crippen LogP) is 3.25. The minimum Gasteiger partial charge on any atom is -0.494 e. The van der Waals surface area contributed by atoms with Gasteiger partial charge < -0.3 is 10.1 Å². The molecular weight excluding hydrogens is 364 g/mol. The van der Waals surface area contributed by atoms with Crippen molar-refractivity contribution in [3.8, 4) is 5.75 Å². The fourth-order valence-corrected chi connectivity index (χ4v) is 4.47. The Hall–Kier alpha value is -2.02. The smallest absolute Gasteiger partial charge is 0.243 e. The third kappa shape index (κ3) is 6.27. The highest BCUT2D eigenvalue weighted by molar-refractivity contribution is 7.92. The number of nitrogens with zero attached hydrogens (tertiary/aromatic N) is 1. The first-order valence-electron chi connectivity index (χ1n) is 9.50. The van der Waals surface area contributed by atoms with Gasteiger partial charge in [0.15, 0.2) is 0 Å². The maximum atomic E-state index is 12.6. The van der Waals surface area contributed by atoms with Crippen molar-refractivity contribution in [3.05, 3.63) is 35.9 Å². The van der Waals surface area contributed by atoms with Gasteiger partial charge in [0.25, 0.3) is 0 Å². The van der Waals surface area contributed by atoms with E-state index in [1.165, 1.54) is 18.4 Å². The monoisotopic (exact) mass is 394 g/mol. The van der Waals surface area contributed by atoms with Crippen LogP contribution >= 0.6 is 0 Å². The average Bonchev–Trinajstić information content (AvgIpc) is 2.63. The zero-order valence-corrected chi connectivity index (χ0v) is 17.2. The van der Waals surface area contributed by atoms with E-state index in [0.29, 0.717) is 24.6 Å². The minimum absolute atomic E-state index is 0.300. The van der Waals surface area contributed by atoms with Gasteiger partial charge in [0.1, 0.15) is 11.8 Å². The topological polar surface area (TPSA) is 75.7 Å². The molecule has 1 N–H and O–H groups in total. The summed E-state index contributed by atoms with van der Waals surface area (Å²) < 4.78 is 31.2. The molecule has 0 unspecified atom stereocenters. The normalized spacial score (nSPS) is 15.6. The standard InChI is InChI=1S/C20H30N2O4S/c1-4-26-19-12-10-18(11-13-19)22(27(3,24)25)16(2)20(23)21-15-14-17-8-6-5-7-9-17/h8,10-13,16H,4-7,9,14-15H2,1-3H3,(H,21,23)/t16-/m1/s1. The average molecular weight is 395 g/mol. The van der Waals surface area contributed by atoms with Gasteiger partial charge in [-0.2, -0.15) is 0 Å². The predicted molar refractivity (Wildman–Crippen MR) is 109 cm³/mol. The SMILES string of the molecule is CCOc1ccc(N([C@H](C)C(=O)NCCC2=CCCCC2)S(C)(=O)=O)cc1. The summed E-state index contributed by atoms with van der Waals surface area (Å²) in [6, 6.07) is 5.89. The summed E-state index contributed by atoms with van der Waals surface area (Å²) in [6.45, 7) is 4.54. The van der Waals surface area contributed by atoms with Crippen LogP contribution in [0.15, 0.2) is 35.9 Å². The quantitative estimate of drug-likeness (QED) is 0.653. The maximum absolute atomic E-state index is 12.6. The maximum Gasteiger partial charge on any atom is 0.243 e. The van der Waals surface area contributed by atoms with Crippen LogP contribution in [0.25, 0.3) is 0 Å². The molecule has 1 aromatic rings. The van der Waals surface area contributed by atoms with E-state index in [0.717, 1.165) is 29.8 Å². The van der Waals surface area contributed by atoms with E-state index in [1.54, 1.807) is 31.2 Å². The molecule has 27 heavy (non-hydrogen) atoms. The van der Waals surface area contributed by atoms with E-state index < -0.39 is 16.1 Å². The molecule has 6 nitrogen and oxygen atoms in total. The molecule has 0 heterocycles. The second-order valence-corrected chi connectivity index (χ2v) is 8.67. The lowest BCUT2D eigenvalue weighted by Crippen LogP contribution is -2.48. The summed E-state index contributed by atoms with van der Waals surface area (Å²) in [5, 5.41) is 2.87. The van der Waals surface area contributed by atoms with Crippen molar-refractivity contribution in [1.82, 2.24) is 5.32 Å². The molecule has 0 fully saturated rings. The molecule has 0 aromatic heterocycles. The second kappa shape index (κ2) is 9.78. The number of rotatable bonds is 9. The summed E-state index contributed by atoms with van der Waals surface area (Å²) in [5.41, 5.74) is 1.82. The van der Waals surface area contributed by atoms with Gasteiger partial charge in [-0.05, 0) is 70.2 Å². The number of amides is 1. The molecule has 7 heteroatoms. The third-order valence-corrected chi connectivity index (χ3v) is 5.86. The zero-order chi connectivity index (χ0) is 19.9. The third-order valence-electron chi connectivity index (χ3n) is 4.62. The Morgan fingerprint density at radius 1 is 1.26 bits per heavy atom. The highest BCUT2D eigenvalue weighted by Crippen LogP contribution is 2.24. The van der Waals surface area contributed by atoms with Crippen LogP contribution in [-0.4, -0.2) is 39.8 Å². The molecule has 0 aliphatic heterocycles. The molecule has 150 valence electrons. The van der Waals surface area contributed by atoms with Crippen LogP contribution in [0.2, 0.25) is 0 Å². The molecule has 0 saturated heterocycles. The van der Waals surface area contributed by atoms with Crippen LogP contribution in [0.4, 0.5) is 5.69 Å². The van der Waals surface area contributed by atoms with Gasteiger partial charge in [0, 0.05) is 6.54 Å². The number of benzene rings is 1. The van der Waals surface area contributed by atoms with Crippen molar-refractivity contribution in [2.24, 2.45) is 0 Å². The van der Waals surface area contributed by atoms with Gasteiger partial charge >= 0.3 is 0 Å². The number of allylic oxidation sites excluding steroid dienone is 1. The number of hydrogen-bond donors (Lipinski definition) is 1. The zero-order valence-electron chi connectivity index (χ0n) is 16.4. The first-order chi connectivity index (χ1) is 12.8. The highest BCUT2D eigenvalue weighted by atomic mass is 32.2. The lowest BCUT2D eigenvalue weighted by molar-refractivity contribution is -0.121. The summed E-state index contributed by atoms with van der Waals surface area (Å²) in [5.74, 6) is 0.360. The Balaban J connectivity index is 2.04. The van der Waals surface area contributed by atoms with E-state index >= 15 is 0 Å². The molecule has 0 bridgehead atoms. The van der Waals surface area contributed by atoms with Crippen LogP contribution in [0.3, 0.4) is 0 Å². The number of sulfonamides is 1. The van der Waals surface area contributed by atoms with Gasteiger partial charge in [0.05, 0.1) is 18.6 Å². The summed E-state index contributed by atoms with van der Waals surface area (Å²) >= 11 is 0. The van der Waals surface area contributed by atoms with Crippen molar-refractivity contribution in [1.29, 1.82) is 0 Å². The van der Waals surface area contributed by atoms with Crippen molar-refractivity contribution < 1.29 is 17.9 Å². The fourth-order valence-electron chi connectivity index (χ4n) is 3.29. The van der Waals surface area contributed by atoms with Crippen molar-refractivity contribution in [2.45, 2.75) is 52.0 Å². The Morgan fingerprint density at radius 2 is 1.96 bits per heavy atom. The van der Waals surface area contributed by atoms with Crippen LogP contribution in [0.1, 0.15) is 46.0 Å². The molecule has 1 aliphatic carbocycles. The number of ether oxygens (including phenoxy) is 1. The lowest BCUT2D eigenvalue weighted by atomic mass is 9.97. The molecule has 1 aromatic carbocycles. The van der Waals surface area contributed by atoms with E-state index in [9.17, 15) is 13.2 Å². The Morgan fingerprint density at radius 3 is 2.52 bits per heavy atom. The van der Waals surface area contributed by atoms with Crippen LogP contribution in [0, 0.1) is 0 Å². The van der Waals surface area contributed by atoms with Gasteiger partial charge in [0.2, 0.25) is 15.9 Å². The summed E-state index contributed by atoms with van der Waals surface area (Å²) in [7, 11) is -3.61. The number of hydrogen-bond acceptors (Lipinski definition) is 4. The molecule has 1 aliphatic rings.